The Morgan fingerprint density at radius 2 is 1.56 bits per heavy atom. The first-order valence-corrected chi connectivity index (χ1v) is 12.5. The third-order valence-corrected chi connectivity index (χ3v) is 7.29. The third kappa shape index (κ3) is 5.43. The fourth-order valence-electron chi connectivity index (χ4n) is 3.61. The number of sulfone groups is 1. The van der Waals surface area contributed by atoms with Crippen LogP contribution in [-0.2, 0) is 9.84 Å². The van der Waals surface area contributed by atoms with Gasteiger partial charge in [-0.2, -0.15) is 0 Å². The number of anilines is 1. The SMILES string of the molecule is Cc1ccccc1NC(=O)c1cc2ccccc2cc1OCCCS(=O)(=O)c1ccc(F)cc1. The van der Waals surface area contributed by atoms with Crippen molar-refractivity contribution < 1.29 is 22.3 Å². The lowest BCUT2D eigenvalue weighted by molar-refractivity contribution is 0.102. The maximum absolute atomic E-state index is 13.1. The number of hydrogen-bond acceptors (Lipinski definition) is 4. The molecule has 0 heterocycles. The van der Waals surface area contributed by atoms with Crippen molar-refractivity contribution in [3.8, 4) is 5.75 Å². The van der Waals surface area contributed by atoms with E-state index in [2.05, 4.69) is 5.32 Å². The molecule has 0 aliphatic carbocycles. The highest BCUT2D eigenvalue weighted by Crippen LogP contribution is 2.28. The summed E-state index contributed by atoms with van der Waals surface area (Å²) in [7, 11) is -3.56. The van der Waals surface area contributed by atoms with Crippen molar-refractivity contribution in [2.24, 2.45) is 0 Å². The predicted octanol–water partition coefficient (Wildman–Crippen LogP) is 5.78. The Kier molecular flexibility index (Phi) is 6.93. The lowest BCUT2D eigenvalue weighted by Crippen LogP contribution is -2.16. The number of para-hydroxylation sites is 1. The summed E-state index contributed by atoms with van der Waals surface area (Å²) in [5.41, 5.74) is 2.01. The van der Waals surface area contributed by atoms with E-state index in [0.717, 1.165) is 28.5 Å². The van der Waals surface area contributed by atoms with Gasteiger partial charge in [-0.05, 0) is 72.1 Å². The van der Waals surface area contributed by atoms with Crippen molar-refractivity contribution >= 4 is 32.2 Å². The smallest absolute Gasteiger partial charge is 0.259 e. The van der Waals surface area contributed by atoms with Gasteiger partial charge in [-0.15, -0.1) is 0 Å². The molecule has 0 spiro atoms. The number of fused-ring (bicyclic) bond motifs is 1. The molecule has 0 radical (unpaired) electrons. The van der Waals surface area contributed by atoms with Crippen LogP contribution >= 0.6 is 0 Å². The van der Waals surface area contributed by atoms with E-state index in [4.69, 9.17) is 4.74 Å². The largest absolute Gasteiger partial charge is 0.493 e. The van der Waals surface area contributed by atoms with Crippen molar-refractivity contribution in [1.29, 1.82) is 0 Å². The number of benzene rings is 4. The van der Waals surface area contributed by atoms with E-state index in [0.29, 0.717) is 17.0 Å². The summed E-state index contributed by atoms with van der Waals surface area (Å²) >= 11 is 0. The van der Waals surface area contributed by atoms with Crippen LogP contribution in [-0.4, -0.2) is 26.7 Å². The number of amides is 1. The Balaban J connectivity index is 1.51. The third-order valence-electron chi connectivity index (χ3n) is 5.47. The van der Waals surface area contributed by atoms with Gasteiger partial charge in [-0.1, -0.05) is 42.5 Å². The molecular weight excluding hydrogens is 453 g/mol. The molecule has 4 rings (SSSR count). The molecule has 0 aliphatic heterocycles. The van der Waals surface area contributed by atoms with Crippen molar-refractivity contribution in [3.63, 3.8) is 0 Å². The molecule has 4 aromatic rings. The number of carbonyl (C=O) groups is 1. The second kappa shape index (κ2) is 10.1. The van der Waals surface area contributed by atoms with E-state index < -0.39 is 15.7 Å². The van der Waals surface area contributed by atoms with Crippen LogP contribution in [0.4, 0.5) is 10.1 Å². The van der Waals surface area contributed by atoms with E-state index in [9.17, 15) is 17.6 Å². The van der Waals surface area contributed by atoms with Crippen molar-refractivity contribution in [2.75, 3.05) is 17.7 Å². The molecule has 5 nitrogen and oxygen atoms in total. The maximum atomic E-state index is 13.1. The molecule has 0 fully saturated rings. The minimum absolute atomic E-state index is 0.0675. The van der Waals surface area contributed by atoms with Gasteiger partial charge in [0.05, 0.1) is 22.8 Å². The summed E-state index contributed by atoms with van der Waals surface area (Å²) in [6.45, 7) is 2.01. The summed E-state index contributed by atoms with van der Waals surface area (Å²) in [5, 5.41) is 4.73. The molecule has 34 heavy (non-hydrogen) atoms. The molecule has 1 N–H and O–H groups in total. The fraction of sp³-hybridized carbons (Fsp3) is 0.148. The van der Waals surface area contributed by atoms with Crippen LogP contribution < -0.4 is 10.1 Å². The molecule has 0 atom stereocenters. The van der Waals surface area contributed by atoms with Crippen LogP contribution in [0.25, 0.3) is 10.8 Å². The van der Waals surface area contributed by atoms with Crippen LogP contribution in [0.2, 0.25) is 0 Å². The normalized spacial score (nSPS) is 11.4. The number of nitrogens with one attached hydrogen (secondary N) is 1. The van der Waals surface area contributed by atoms with Crippen molar-refractivity contribution in [3.05, 3.63) is 102 Å². The van der Waals surface area contributed by atoms with Gasteiger partial charge in [0.1, 0.15) is 11.6 Å². The summed E-state index contributed by atoms with van der Waals surface area (Å²) in [4.78, 5) is 13.2. The van der Waals surface area contributed by atoms with E-state index in [1.165, 1.54) is 12.1 Å². The number of aryl methyl sites for hydroxylation is 1. The van der Waals surface area contributed by atoms with Crippen molar-refractivity contribution in [2.45, 2.75) is 18.2 Å². The molecule has 0 bridgehead atoms. The molecule has 0 aromatic heterocycles. The van der Waals surface area contributed by atoms with Gasteiger partial charge in [0.15, 0.2) is 9.84 Å². The Morgan fingerprint density at radius 3 is 2.26 bits per heavy atom. The van der Waals surface area contributed by atoms with Crippen LogP contribution in [0.15, 0.2) is 89.8 Å². The minimum atomic E-state index is -3.56. The van der Waals surface area contributed by atoms with Crippen LogP contribution in [0.1, 0.15) is 22.3 Å². The van der Waals surface area contributed by atoms with E-state index in [-0.39, 0.29) is 29.6 Å². The summed E-state index contributed by atoms with van der Waals surface area (Å²) < 4.78 is 44.0. The molecule has 0 saturated heterocycles. The molecule has 174 valence electrons. The number of carbonyl (C=O) groups excluding carboxylic acids is 1. The van der Waals surface area contributed by atoms with Gasteiger partial charge >= 0.3 is 0 Å². The fourth-order valence-corrected chi connectivity index (χ4v) is 4.89. The summed E-state index contributed by atoms with van der Waals surface area (Å²) in [6.07, 6.45) is 0.214. The molecule has 4 aromatic carbocycles. The minimum Gasteiger partial charge on any atom is -0.493 e. The summed E-state index contributed by atoms with van der Waals surface area (Å²) in [6, 6.07) is 23.4. The van der Waals surface area contributed by atoms with Gasteiger partial charge in [0, 0.05) is 5.69 Å². The zero-order valence-corrected chi connectivity index (χ0v) is 19.4. The van der Waals surface area contributed by atoms with Gasteiger partial charge in [0.25, 0.3) is 5.91 Å². The molecular formula is C27H24FNO4S. The van der Waals surface area contributed by atoms with Gasteiger partial charge in [0.2, 0.25) is 0 Å². The van der Waals surface area contributed by atoms with E-state index >= 15 is 0 Å². The van der Waals surface area contributed by atoms with Gasteiger partial charge in [-0.25, -0.2) is 12.8 Å². The number of hydrogen-bond donors (Lipinski definition) is 1. The first kappa shape index (κ1) is 23.4. The lowest BCUT2D eigenvalue weighted by atomic mass is 10.0. The first-order chi connectivity index (χ1) is 16.3. The second-order valence-corrected chi connectivity index (χ2v) is 10.0. The Labute approximate surface area is 198 Å². The zero-order valence-electron chi connectivity index (χ0n) is 18.6. The second-order valence-electron chi connectivity index (χ2n) is 7.94. The molecule has 0 saturated carbocycles. The molecule has 1 amide bonds. The number of ether oxygens (including phenoxy) is 1. The van der Waals surface area contributed by atoms with Gasteiger partial charge < -0.3 is 10.1 Å². The highest BCUT2D eigenvalue weighted by atomic mass is 32.2. The molecule has 0 aliphatic rings. The van der Waals surface area contributed by atoms with E-state index in [1.807, 2.05) is 55.5 Å². The lowest BCUT2D eigenvalue weighted by Gasteiger charge is -2.14. The first-order valence-electron chi connectivity index (χ1n) is 10.8. The summed E-state index contributed by atoms with van der Waals surface area (Å²) in [5.74, 6) is -0.579. The average molecular weight is 478 g/mol. The Bertz CT molecular complexity index is 1430. The van der Waals surface area contributed by atoms with Crippen LogP contribution in [0.5, 0.6) is 5.75 Å². The molecule has 0 unspecified atom stereocenters. The monoisotopic (exact) mass is 477 g/mol. The number of halogens is 1. The maximum Gasteiger partial charge on any atom is 0.259 e. The Hall–Kier alpha value is -3.71. The Morgan fingerprint density at radius 1 is 0.912 bits per heavy atom. The standard InChI is InChI=1S/C27H24FNO4S/c1-19-7-2-5-10-25(19)29-27(30)24-17-20-8-3-4-9-21(20)18-26(24)33-15-6-16-34(31,32)23-13-11-22(28)12-14-23/h2-5,7-14,17-18H,6,15-16H2,1H3,(H,29,30). The molecule has 7 heteroatoms. The van der Waals surface area contributed by atoms with Gasteiger partial charge in [-0.3, -0.25) is 4.79 Å². The zero-order chi connectivity index (χ0) is 24.1. The predicted molar refractivity (Wildman–Crippen MR) is 132 cm³/mol. The van der Waals surface area contributed by atoms with Crippen LogP contribution in [0, 0.1) is 12.7 Å². The highest BCUT2D eigenvalue weighted by molar-refractivity contribution is 7.91. The quantitative estimate of drug-likeness (QED) is 0.258. The van der Waals surface area contributed by atoms with Crippen LogP contribution in [0.3, 0.4) is 0 Å². The average Bonchev–Trinajstić information content (AvgIpc) is 2.83. The number of rotatable bonds is 8. The van der Waals surface area contributed by atoms with E-state index in [1.54, 1.807) is 12.1 Å². The highest BCUT2D eigenvalue weighted by Gasteiger charge is 2.17. The topological polar surface area (TPSA) is 72.5 Å². The van der Waals surface area contributed by atoms with Crippen molar-refractivity contribution in [1.82, 2.24) is 0 Å².